The Labute approximate surface area is 149 Å². The normalized spacial score (nSPS) is 28.6. The van der Waals surface area contributed by atoms with Gasteiger partial charge in [-0.3, -0.25) is 14.4 Å². The third kappa shape index (κ3) is 2.03. The summed E-state index contributed by atoms with van der Waals surface area (Å²) in [6, 6.07) is 10.3. The molecular weight excluding hydrogens is 332 g/mol. The van der Waals surface area contributed by atoms with Crippen molar-refractivity contribution in [2.45, 2.75) is 37.0 Å². The molecule has 2 fully saturated rings. The van der Waals surface area contributed by atoms with Crippen LogP contribution in [0.2, 0.25) is 0 Å². The number of para-hydroxylation sites is 1. The van der Waals surface area contributed by atoms with Gasteiger partial charge in [0.2, 0.25) is 5.56 Å². The number of benzene rings is 1. The predicted octanol–water partition coefficient (Wildman–Crippen LogP) is 1.30. The molecule has 3 aliphatic heterocycles. The number of hydrogen-bond donors (Lipinski definition) is 3. The van der Waals surface area contributed by atoms with Crippen LogP contribution in [-0.4, -0.2) is 39.4 Å². The molecule has 1 aromatic heterocycles. The minimum Gasteiger partial charge on any atom is -0.360 e. The lowest BCUT2D eigenvalue weighted by molar-refractivity contribution is 0.0691. The number of carbonyl (C=O) groups is 2. The first-order valence-corrected chi connectivity index (χ1v) is 8.78. The van der Waals surface area contributed by atoms with E-state index in [4.69, 9.17) is 0 Å². The van der Waals surface area contributed by atoms with Crippen LogP contribution in [0.5, 0.6) is 0 Å². The summed E-state index contributed by atoms with van der Waals surface area (Å²) < 4.78 is 0. The number of aromatic nitrogens is 1. The number of fused-ring (bicyclic) bond motifs is 4. The predicted molar refractivity (Wildman–Crippen MR) is 94.9 cm³/mol. The van der Waals surface area contributed by atoms with Gasteiger partial charge in [0.25, 0.3) is 11.8 Å². The second-order valence-electron chi connectivity index (χ2n) is 7.20. The summed E-state index contributed by atoms with van der Waals surface area (Å²) >= 11 is 0. The van der Waals surface area contributed by atoms with Crippen molar-refractivity contribution in [3.8, 4) is 0 Å². The number of rotatable bonds is 1. The third-order valence-corrected chi connectivity index (χ3v) is 5.76. The first-order valence-electron chi connectivity index (χ1n) is 8.78. The first kappa shape index (κ1) is 15.2. The topological polar surface area (TPSA) is 94.3 Å². The molecule has 1 spiro atoms. The Kier molecular flexibility index (Phi) is 3.04. The van der Waals surface area contributed by atoms with E-state index >= 15 is 0 Å². The number of nitrogens with zero attached hydrogens (tertiary/aromatic N) is 1. The summed E-state index contributed by atoms with van der Waals surface area (Å²) in [7, 11) is 0. The van der Waals surface area contributed by atoms with Gasteiger partial charge in [0, 0.05) is 30.4 Å². The highest BCUT2D eigenvalue weighted by molar-refractivity contribution is 6.02. The van der Waals surface area contributed by atoms with E-state index in [0.29, 0.717) is 17.5 Å². The molecule has 3 atom stereocenters. The number of carbonyl (C=O) groups excluding carboxylic acids is 2. The largest absolute Gasteiger partial charge is 0.360 e. The van der Waals surface area contributed by atoms with Gasteiger partial charge in [0.05, 0.1) is 17.2 Å². The van der Waals surface area contributed by atoms with Crippen LogP contribution in [0.15, 0.2) is 47.4 Å². The highest BCUT2D eigenvalue weighted by Gasteiger charge is 2.59. The van der Waals surface area contributed by atoms with Crippen LogP contribution >= 0.6 is 0 Å². The Morgan fingerprint density at radius 1 is 1.08 bits per heavy atom. The van der Waals surface area contributed by atoms with Gasteiger partial charge in [-0.15, -0.1) is 0 Å². The second kappa shape index (κ2) is 5.20. The van der Waals surface area contributed by atoms with Crippen LogP contribution in [0.25, 0.3) is 0 Å². The Morgan fingerprint density at radius 3 is 2.73 bits per heavy atom. The first-order chi connectivity index (χ1) is 12.6. The van der Waals surface area contributed by atoms with Gasteiger partial charge in [-0.25, -0.2) is 0 Å². The Hall–Kier alpha value is -3.09. The number of nitrogens with one attached hydrogen (secondary N) is 3. The molecule has 0 radical (unpaired) electrons. The highest BCUT2D eigenvalue weighted by Crippen LogP contribution is 2.46. The molecule has 1 aromatic carbocycles. The van der Waals surface area contributed by atoms with Gasteiger partial charge in [-0.1, -0.05) is 12.1 Å². The maximum atomic E-state index is 13.0. The average molecular weight is 350 g/mol. The SMILES string of the molecule is O=C1NC2(CC3CCC2N3C(=O)c2ccc(=O)[nH]c2)Nc2ccccc21. The van der Waals surface area contributed by atoms with Crippen molar-refractivity contribution in [1.29, 1.82) is 0 Å². The zero-order valence-electron chi connectivity index (χ0n) is 14.0. The summed E-state index contributed by atoms with van der Waals surface area (Å²) in [4.78, 5) is 41.3. The molecule has 2 bridgehead atoms. The van der Waals surface area contributed by atoms with Crippen molar-refractivity contribution in [3.05, 3.63) is 64.1 Å². The fourth-order valence-electron chi connectivity index (χ4n) is 4.68. The van der Waals surface area contributed by atoms with E-state index < -0.39 is 5.66 Å². The Morgan fingerprint density at radius 2 is 1.92 bits per heavy atom. The fraction of sp³-hybridized carbons (Fsp3) is 0.316. The molecule has 26 heavy (non-hydrogen) atoms. The smallest absolute Gasteiger partial charge is 0.255 e. The molecule has 0 aliphatic carbocycles. The molecule has 4 heterocycles. The highest BCUT2D eigenvalue weighted by atomic mass is 16.2. The van der Waals surface area contributed by atoms with E-state index in [1.165, 1.54) is 12.3 Å². The van der Waals surface area contributed by atoms with Crippen molar-refractivity contribution in [1.82, 2.24) is 15.2 Å². The quantitative estimate of drug-likeness (QED) is 0.723. The molecule has 2 saturated heterocycles. The van der Waals surface area contributed by atoms with Crippen LogP contribution in [0.4, 0.5) is 5.69 Å². The van der Waals surface area contributed by atoms with Crippen LogP contribution in [0.1, 0.15) is 40.0 Å². The number of H-pyrrole nitrogens is 1. The minimum absolute atomic E-state index is 0.0671. The molecule has 2 amide bonds. The van der Waals surface area contributed by atoms with E-state index in [1.54, 1.807) is 12.1 Å². The van der Waals surface area contributed by atoms with Gasteiger partial charge >= 0.3 is 0 Å². The number of anilines is 1. The summed E-state index contributed by atoms with van der Waals surface area (Å²) in [6.45, 7) is 0. The van der Waals surface area contributed by atoms with Gasteiger partial charge < -0.3 is 20.5 Å². The zero-order valence-corrected chi connectivity index (χ0v) is 14.0. The lowest BCUT2D eigenvalue weighted by Crippen LogP contribution is -2.64. The molecule has 2 aromatic rings. The maximum absolute atomic E-state index is 13.0. The lowest BCUT2D eigenvalue weighted by Gasteiger charge is -2.43. The average Bonchev–Trinajstić information content (AvgIpc) is 3.17. The number of hydrogen-bond acceptors (Lipinski definition) is 4. The minimum atomic E-state index is -0.633. The van der Waals surface area contributed by atoms with Crippen molar-refractivity contribution in [3.63, 3.8) is 0 Å². The van der Waals surface area contributed by atoms with E-state index in [-0.39, 0.29) is 29.5 Å². The number of pyridine rings is 1. The standard InChI is InChI=1S/C19H18N4O3/c24-16-8-5-11(10-20-16)18(26)23-12-6-7-15(23)19(9-12)21-14-4-2-1-3-13(14)17(25)22-19/h1-5,8,10,12,15,21H,6-7,9H2,(H,20,24)(H,22,25). The molecule has 5 rings (SSSR count). The Balaban J connectivity index is 1.50. The van der Waals surface area contributed by atoms with E-state index in [2.05, 4.69) is 15.6 Å². The van der Waals surface area contributed by atoms with Crippen LogP contribution in [0.3, 0.4) is 0 Å². The van der Waals surface area contributed by atoms with Crippen molar-refractivity contribution in [2.24, 2.45) is 0 Å². The van der Waals surface area contributed by atoms with E-state index in [1.807, 2.05) is 23.1 Å². The number of amides is 2. The molecule has 3 N–H and O–H groups in total. The van der Waals surface area contributed by atoms with Crippen LogP contribution < -0.4 is 16.2 Å². The summed E-state index contributed by atoms with van der Waals surface area (Å²) in [5.74, 6) is -0.219. The third-order valence-electron chi connectivity index (χ3n) is 5.76. The fourth-order valence-corrected chi connectivity index (χ4v) is 4.68. The lowest BCUT2D eigenvalue weighted by atomic mass is 9.86. The number of aromatic amines is 1. The van der Waals surface area contributed by atoms with Gasteiger partial charge in [-0.2, -0.15) is 0 Å². The molecule has 0 saturated carbocycles. The molecule has 132 valence electrons. The molecule has 3 unspecified atom stereocenters. The van der Waals surface area contributed by atoms with Crippen LogP contribution in [0, 0.1) is 0 Å². The van der Waals surface area contributed by atoms with Crippen LogP contribution in [-0.2, 0) is 0 Å². The van der Waals surface area contributed by atoms with E-state index in [0.717, 1.165) is 18.5 Å². The summed E-state index contributed by atoms with van der Waals surface area (Å²) in [6.07, 6.45) is 3.88. The van der Waals surface area contributed by atoms with Crippen molar-refractivity contribution < 1.29 is 9.59 Å². The van der Waals surface area contributed by atoms with E-state index in [9.17, 15) is 14.4 Å². The molecule has 7 nitrogen and oxygen atoms in total. The molecule has 7 heteroatoms. The molecule has 3 aliphatic rings. The van der Waals surface area contributed by atoms with Crippen molar-refractivity contribution in [2.75, 3.05) is 5.32 Å². The van der Waals surface area contributed by atoms with Crippen molar-refractivity contribution >= 4 is 17.5 Å². The van der Waals surface area contributed by atoms with Gasteiger partial charge in [0.15, 0.2) is 0 Å². The monoisotopic (exact) mass is 350 g/mol. The Bertz CT molecular complexity index is 964. The summed E-state index contributed by atoms with van der Waals surface area (Å²) in [5.41, 5.74) is 1.02. The zero-order chi connectivity index (χ0) is 17.9. The molecular formula is C19H18N4O3. The van der Waals surface area contributed by atoms with Gasteiger partial charge in [-0.05, 0) is 31.0 Å². The maximum Gasteiger partial charge on any atom is 0.255 e. The van der Waals surface area contributed by atoms with Gasteiger partial charge in [0.1, 0.15) is 5.66 Å². The second-order valence-corrected chi connectivity index (χ2v) is 7.20. The summed E-state index contributed by atoms with van der Waals surface area (Å²) in [5, 5.41) is 6.62.